The number of carbonyl (C=O) groups excluding carboxylic acids is 2. The summed E-state index contributed by atoms with van der Waals surface area (Å²) < 4.78 is 7.70. The Bertz CT molecular complexity index is 952. The van der Waals surface area contributed by atoms with E-state index >= 15 is 0 Å². The monoisotopic (exact) mass is 472 g/mol. The Balaban J connectivity index is 1.71. The van der Waals surface area contributed by atoms with Crippen LogP contribution in [0.15, 0.2) is 24.8 Å². The number of hydrogen-bond acceptors (Lipinski definition) is 2. The largest absolute Gasteiger partial charge is 0.347 e. The number of aromatic nitrogens is 4. The maximum atomic E-state index is 13.2. The Morgan fingerprint density at radius 2 is 1.24 bits per heavy atom. The highest BCUT2D eigenvalue weighted by Crippen LogP contribution is 2.40. The molecule has 0 spiro atoms. The molecule has 2 atom stereocenters. The van der Waals surface area contributed by atoms with Crippen molar-refractivity contribution in [3.63, 3.8) is 0 Å². The van der Waals surface area contributed by atoms with Crippen LogP contribution in [-0.2, 0) is 27.2 Å². The highest BCUT2D eigenvalue weighted by Gasteiger charge is 2.42. The fourth-order valence-corrected chi connectivity index (χ4v) is 5.54. The maximum absolute atomic E-state index is 13.2. The van der Waals surface area contributed by atoms with Crippen molar-refractivity contribution in [2.45, 2.75) is 91.4 Å². The summed E-state index contributed by atoms with van der Waals surface area (Å²) in [4.78, 5) is 26.4. The van der Waals surface area contributed by atoms with Crippen LogP contribution in [0.25, 0.3) is 0 Å². The number of nitrogens with one attached hydrogen (secondary N) is 2. The van der Waals surface area contributed by atoms with Gasteiger partial charge in [0.2, 0.25) is 0 Å². The van der Waals surface area contributed by atoms with E-state index in [1.54, 1.807) is 0 Å². The van der Waals surface area contributed by atoms with E-state index in [4.69, 9.17) is 0 Å². The molecule has 2 N–H and O–H groups in total. The summed E-state index contributed by atoms with van der Waals surface area (Å²) in [6.45, 7) is 14.1. The molecule has 8 heteroatoms. The topological polar surface area (TPSA) is 75.8 Å². The van der Waals surface area contributed by atoms with E-state index < -0.39 is 0 Å². The molecular weight excluding hydrogens is 428 g/mol. The fourth-order valence-electron chi connectivity index (χ4n) is 5.54. The van der Waals surface area contributed by atoms with E-state index in [0.29, 0.717) is 23.5 Å². The summed E-state index contributed by atoms with van der Waals surface area (Å²) in [6.07, 6.45) is 11.9. The van der Waals surface area contributed by atoms with Crippen molar-refractivity contribution in [2.75, 3.05) is 0 Å². The third-order valence-electron chi connectivity index (χ3n) is 7.83. The van der Waals surface area contributed by atoms with Gasteiger partial charge in [-0.05, 0) is 72.6 Å². The minimum atomic E-state index is -0.352. The minimum absolute atomic E-state index is 0.0399. The normalized spacial score (nSPS) is 19.2. The molecule has 8 nitrogen and oxygen atoms in total. The lowest BCUT2D eigenvalue weighted by Crippen LogP contribution is -2.56. The van der Waals surface area contributed by atoms with Crippen molar-refractivity contribution >= 4 is 11.8 Å². The van der Waals surface area contributed by atoms with E-state index in [-0.39, 0.29) is 22.9 Å². The van der Waals surface area contributed by atoms with Crippen LogP contribution >= 0.6 is 0 Å². The van der Waals surface area contributed by atoms with Gasteiger partial charge in [0, 0.05) is 11.1 Å². The molecule has 1 saturated carbocycles. The highest BCUT2D eigenvalue weighted by molar-refractivity contribution is 5.90. The molecule has 0 aliphatic heterocycles. The van der Waals surface area contributed by atoms with Gasteiger partial charge in [-0.3, -0.25) is 9.59 Å². The van der Waals surface area contributed by atoms with E-state index in [1.165, 1.54) is 0 Å². The van der Waals surface area contributed by atoms with Gasteiger partial charge in [0.15, 0.2) is 0 Å². The number of imidazole rings is 2. The van der Waals surface area contributed by atoms with Crippen LogP contribution < -0.4 is 19.8 Å². The Kier molecular flexibility index (Phi) is 7.58. The molecule has 1 aliphatic rings. The summed E-state index contributed by atoms with van der Waals surface area (Å²) in [6, 6.07) is 0. The minimum Gasteiger partial charge on any atom is -0.340 e. The third-order valence-corrected chi connectivity index (χ3v) is 7.83. The molecule has 188 valence electrons. The molecule has 2 heterocycles. The molecule has 1 aliphatic carbocycles. The van der Waals surface area contributed by atoms with Crippen molar-refractivity contribution in [1.29, 1.82) is 0 Å². The first-order chi connectivity index (χ1) is 15.9. The molecule has 2 unspecified atom stereocenters. The third kappa shape index (κ3) is 5.20. The van der Waals surface area contributed by atoms with Crippen molar-refractivity contribution in [3.05, 3.63) is 36.4 Å². The van der Waals surface area contributed by atoms with Gasteiger partial charge in [-0.15, -0.1) is 0 Å². The maximum Gasteiger partial charge on any atom is 0.347 e. The first kappa shape index (κ1) is 26.0. The summed E-state index contributed by atoms with van der Waals surface area (Å²) in [5.74, 6) is 1.92. The predicted molar refractivity (Wildman–Crippen MR) is 131 cm³/mol. The van der Waals surface area contributed by atoms with Crippen LogP contribution in [0.5, 0.6) is 0 Å². The van der Waals surface area contributed by atoms with Gasteiger partial charge in [0.1, 0.15) is 24.8 Å². The summed E-state index contributed by atoms with van der Waals surface area (Å²) >= 11 is 0. The van der Waals surface area contributed by atoms with Gasteiger partial charge in [0.25, 0.3) is 0 Å². The summed E-state index contributed by atoms with van der Waals surface area (Å²) in [5, 5.41) is 6.65. The Morgan fingerprint density at radius 3 is 1.59 bits per heavy atom. The van der Waals surface area contributed by atoms with Crippen molar-refractivity contribution < 1.29 is 18.7 Å². The number of rotatable bonds is 8. The molecule has 3 rings (SSSR count). The van der Waals surface area contributed by atoms with Crippen molar-refractivity contribution in [1.82, 2.24) is 19.8 Å². The smallest absolute Gasteiger partial charge is 0.340 e. The van der Waals surface area contributed by atoms with Crippen LogP contribution in [0.1, 0.15) is 88.5 Å². The van der Waals surface area contributed by atoms with Crippen LogP contribution in [0.4, 0.5) is 0 Å². The highest BCUT2D eigenvalue weighted by atomic mass is 16.2. The van der Waals surface area contributed by atoms with Gasteiger partial charge in [-0.2, -0.15) is 0 Å². The first-order valence-electron chi connectivity index (χ1n) is 12.7. The Morgan fingerprint density at radius 1 is 0.853 bits per heavy atom. The van der Waals surface area contributed by atoms with E-state index in [9.17, 15) is 9.59 Å². The quantitative estimate of drug-likeness (QED) is 0.579. The lowest BCUT2D eigenvalue weighted by molar-refractivity contribution is -0.673. The predicted octanol–water partition coefficient (Wildman–Crippen LogP) is 2.50. The van der Waals surface area contributed by atoms with E-state index in [1.807, 2.05) is 71.0 Å². The lowest BCUT2D eigenvalue weighted by Gasteiger charge is -2.45. The van der Waals surface area contributed by atoms with Gasteiger partial charge < -0.3 is 10.6 Å². The summed E-state index contributed by atoms with van der Waals surface area (Å²) in [7, 11) is 3.82. The van der Waals surface area contributed by atoms with Gasteiger partial charge in [0.05, 0.1) is 27.2 Å². The second-order valence-electron chi connectivity index (χ2n) is 10.9. The SMILES string of the molecule is CCn1cc[n+](C)c1C(=O)NC(C)(C)C1CCCC(C(C)(C)NC(=O)c2n(CC)cc[n+]2C)C1. The van der Waals surface area contributed by atoms with Gasteiger partial charge in [-0.1, -0.05) is 6.42 Å². The first-order valence-corrected chi connectivity index (χ1v) is 12.7. The van der Waals surface area contributed by atoms with Crippen molar-refractivity contribution in [3.8, 4) is 0 Å². The number of hydrogen-bond donors (Lipinski definition) is 2. The molecule has 0 aromatic carbocycles. The number of aryl methyl sites for hydroxylation is 4. The van der Waals surface area contributed by atoms with Gasteiger partial charge >= 0.3 is 23.5 Å². The average molecular weight is 473 g/mol. The standard InChI is InChI=1S/C26H42N6O2/c1-9-31-16-14-29(7)23(31)21(33)27-25(3,4)19-12-11-13-20(18-19)26(5,6)28-22(34)24-30(8)15-17-32(24)10-2/h14-17,19-20H,9-13,18H2,1-8H3/p+2. The lowest BCUT2D eigenvalue weighted by atomic mass is 9.67. The Labute approximate surface area is 204 Å². The van der Waals surface area contributed by atoms with Crippen LogP contribution in [0, 0.1) is 11.8 Å². The molecule has 0 radical (unpaired) electrons. The number of nitrogens with zero attached hydrogens (tertiary/aromatic N) is 4. The fraction of sp³-hybridized carbons (Fsp3) is 0.692. The van der Waals surface area contributed by atoms with Crippen LogP contribution in [0.3, 0.4) is 0 Å². The second kappa shape index (κ2) is 9.92. The number of amides is 2. The molecule has 1 fully saturated rings. The van der Waals surface area contributed by atoms with E-state index in [0.717, 1.165) is 38.8 Å². The number of carbonyl (C=O) groups is 2. The zero-order valence-corrected chi connectivity index (χ0v) is 22.3. The van der Waals surface area contributed by atoms with Gasteiger partial charge in [-0.25, -0.2) is 18.3 Å². The zero-order valence-electron chi connectivity index (χ0n) is 22.3. The average Bonchev–Trinajstić information content (AvgIpc) is 3.35. The molecule has 2 amide bonds. The molecule has 2 aromatic heterocycles. The molecule has 0 saturated heterocycles. The molecule has 34 heavy (non-hydrogen) atoms. The van der Waals surface area contributed by atoms with Crippen LogP contribution in [0.2, 0.25) is 0 Å². The van der Waals surface area contributed by atoms with Crippen molar-refractivity contribution in [2.24, 2.45) is 25.9 Å². The zero-order chi connectivity index (χ0) is 25.3. The summed E-state index contributed by atoms with van der Waals surface area (Å²) in [5.41, 5.74) is -0.704. The molecular formula is C26H44N6O2+2. The van der Waals surface area contributed by atoms with E-state index in [2.05, 4.69) is 38.3 Å². The molecule has 0 bridgehead atoms. The Hall–Kier alpha value is -2.64. The molecule has 2 aromatic rings. The second-order valence-corrected chi connectivity index (χ2v) is 10.9. The van der Waals surface area contributed by atoms with Crippen LogP contribution in [-0.4, -0.2) is 32.0 Å².